The van der Waals surface area contributed by atoms with Crippen LogP contribution in [0.2, 0.25) is 5.02 Å². The summed E-state index contributed by atoms with van der Waals surface area (Å²) in [7, 11) is 0. The molecule has 1 rings (SSSR count). The number of nitrogens with two attached hydrogens (primary N) is 1. The smallest absolute Gasteiger partial charge is 0.228 e. The van der Waals surface area contributed by atoms with E-state index in [1.165, 1.54) is 0 Å². The third-order valence-corrected chi connectivity index (χ3v) is 2.65. The maximum atomic E-state index is 5.82. The van der Waals surface area contributed by atoms with E-state index in [0.29, 0.717) is 11.0 Å². The molecule has 0 atom stereocenters. The van der Waals surface area contributed by atoms with E-state index in [-0.39, 0.29) is 5.29 Å². The van der Waals surface area contributed by atoms with Crippen LogP contribution in [0.25, 0.3) is 0 Å². The lowest BCUT2D eigenvalue weighted by atomic mass is 10.3. The third kappa shape index (κ3) is 4.55. The first-order chi connectivity index (χ1) is 8.56. The highest BCUT2D eigenvalue weighted by molar-refractivity contribution is 6.65. The molecule has 0 heterocycles. The van der Waals surface area contributed by atoms with Crippen molar-refractivity contribution >= 4 is 40.1 Å². The Balaban J connectivity index is 3.09. The van der Waals surface area contributed by atoms with Crippen LogP contribution >= 0.6 is 23.2 Å². The van der Waals surface area contributed by atoms with E-state index in [4.69, 9.17) is 28.9 Å². The Morgan fingerprint density at radius 2 is 1.78 bits per heavy atom. The van der Waals surface area contributed by atoms with Crippen LogP contribution < -0.4 is 5.73 Å². The molecule has 0 bridgehead atoms. The average Bonchev–Trinajstić information content (AvgIpc) is 2.33. The van der Waals surface area contributed by atoms with Gasteiger partial charge in [-0.25, -0.2) is 4.99 Å². The Morgan fingerprint density at radius 3 is 2.22 bits per heavy atom. The van der Waals surface area contributed by atoms with Crippen molar-refractivity contribution in [3.63, 3.8) is 0 Å². The molecule has 0 aromatic heterocycles. The van der Waals surface area contributed by atoms with Gasteiger partial charge in [0.05, 0.1) is 5.69 Å². The Bertz CT molecular complexity index is 432. The summed E-state index contributed by atoms with van der Waals surface area (Å²) in [5, 5.41) is 0.633. The topological polar surface area (TPSA) is 54.0 Å². The number of halogens is 2. The van der Waals surface area contributed by atoms with Gasteiger partial charge in [-0.15, -0.1) is 0 Å². The van der Waals surface area contributed by atoms with E-state index in [9.17, 15) is 0 Å². The molecule has 0 radical (unpaired) electrons. The van der Waals surface area contributed by atoms with Crippen molar-refractivity contribution < 1.29 is 0 Å². The molecule has 1 aromatic rings. The first-order valence-electron chi connectivity index (χ1n) is 5.65. The first-order valence-corrected chi connectivity index (χ1v) is 6.41. The van der Waals surface area contributed by atoms with E-state index in [2.05, 4.69) is 9.98 Å². The van der Waals surface area contributed by atoms with Crippen LogP contribution in [-0.2, 0) is 0 Å². The van der Waals surface area contributed by atoms with Crippen LogP contribution in [0.1, 0.15) is 13.8 Å². The minimum Gasteiger partial charge on any atom is -0.374 e. The van der Waals surface area contributed by atoms with Gasteiger partial charge in [0.25, 0.3) is 0 Å². The molecule has 0 saturated heterocycles. The predicted octanol–water partition coefficient (Wildman–Crippen LogP) is 3.22. The second-order valence-electron chi connectivity index (χ2n) is 3.50. The molecule has 0 saturated carbocycles. The monoisotopic (exact) mass is 286 g/mol. The van der Waals surface area contributed by atoms with E-state index in [1.807, 2.05) is 30.9 Å². The maximum Gasteiger partial charge on any atom is 0.228 e. The SMILES string of the molecule is CCN(CC)C(=Nc1ccc(Cl)cc1)/N=C(/N)Cl. The summed E-state index contributed by atoms with van der Waals surface area (Å²) in [6.45, 7) is 5.58. The summed E-state index contributed by atoms with van der Waals surface area (Å²) < 4.78 is 0. The Hall–Kier alpha value is -1.26. The normalized spacial score (nSPS) is 12.7. The van der Waals surface area contributed by atoms with E-state index >= 15 is 0 Å². The van der Waals surface area contributed by atoms with Crippen LogP contribution in [0.3, 0.4) is 0 Å². The van der Waals surface area contributed by atoms with Gasteiger partial charge in [-0.1, -0.05) is 11.6 Å². The summed E-state index contributed by atoms with van der Waals surface area (Å²) in [4.78, 5) is 10.4. The summed E-state index contributed by atoms with van der Waals surface area (Å²) in [6, 6.07) is 7.17. The molecule has 4 nitrogen and oxygen atoms in total. The van der Waals surface area contributed by atoms with Gasteiger partial charge in [0, 0.05) is 18.1 Å². The van der Waals surface area contributed by atoms with Crippen LogP contribution in [-0.4, -0.2) is 29.2 Å². The molecular weight excluding hydrogens is 271 g/mol. The Morgan fingerprint density at radius 1 is 1.22 bits per heavy atom. The largest absolute Gasteiger partial charge is 0.374 e. The fourth-order valence-corrected chi connectivity index (χ4v) is 1.60. The number of aliphatic imine (C=N–C) groups is 2. The van der Waals surface area contributed by atoms with Crippen LogP contribution in [0.4, 0.5) is 5.69 Å². The van der Waals surface area contributed by atoms with E-state index < -0.39 is 0 Å². The Labute approximate surface area is 117 Å². The minimum absolute atomic E-state index is 0.0328. The molecule has 6 heteroatoms. The van der Waals surface area contributed by atoms with Crippen molar-refractivity contribution in [2.24, 2.45) is 15.7 Å². The standard InChI is InChI=1S/C12H16Cl2N4/c1-3-18(4-2)12(17-11(14)15)16-10-7-5-9(13)6-8-10/h5-8H,3-4H2,1-2H3,(H2,15,16,17). The van der Waals surface area contributed by atoms with Gasteiger partial charge in [0.1, 0.15) is 0 Å². The predicted molar refractivity (Wildman–Crippen MR) is 78.9 cm³/mol. The second-order valence-corrected chi connectivity index (χ2v) is 4.32. The highest BCUT2D eigenvalue weighted by atomic mass is 35.5. The second kappa shape index (κ2) is 7.24. The lowest BCUT2D eigenvalue weighted by molar-refractivity contribution is 0.461. The number of rotatable bonds is 3. The van der Waals surface area contributed by atoms with Crippen molar-refractivity contribution in [3.8, 4) is 0 Å². The number of amidine groups is 1. The molecule has 0 unspecified atom stereocenters. The van der Waals surface area contributed by atoms with E-state index in [0.717, 1.165) is 18.8 Å². The summed E-state index contributed by atoms with van der Waals surface area (Å²) in [5.74, 6) is 0.495. The molecule has 0 aliphatic rings. The zero-order valence-corrected chi connectivity index (χ0v) is 11.9. The van der Waals surface area contributed by atoms with Crippen molar-refractivity contribution in [1.29, 1.82) is 0 Å². The number of hydrogen-bond donors (Lipinski definition) is 1. The zero-order chi connectivity index (χ0) is 13.5. The van der Waals surface area contributed by atoms with Crippen molar-refractivity contribution in [1.82, 2.24) is 4.90 Å². The highest BCUT2D eigenvalue weighted by Crippen LogP contribution is 2.17. The number of guanidine groups is 1. The van der Waals surface area contributed by atoms with Crippen molar-refractivity contribution in [2.75, 3.05) is 13.1 Å². The Kier molecular flexibility index (Phi) is 5.95. The fourth-order valence-electron chi connectivity index (χ4n) is 1.40. The lowest BCUT2D eigenvalue weighted by Crippen LogP contribution is -2.30. The fraction of sp³-hybridized carbons (Fsp3) is 0.333. The summed E-state index contributed by atoms with van der Waals surface area (Å²) in [6.07, 6.45) is 0. The number of hydrogen-bond acceptors (Lipinski definition) is 1. The highest BCUT2D eigenvalue weighted by Gasteiger charge is 2.07. The van der Waals surface area contributed by atoms with Gasteiger partial charge in [-0.2, -0.15) is 4.99 Å². The molecule has 98 valence electrons. The summed E-state index contributed by atoms with van der Waals surface area (Å²) >= 11 is 11.4. The quantitative estimate of drug-likeness (QED) is 0.527. The van der Waals surface area contributed by atoms with Gasteiger partial charge >= 0.3 is 0 Å². The molecular formula is C12H16Cl2N4. The van der Waals surface area contributed by atoms with Crippen molar-refractivity contribution in [2.45, 2.75) is 13.8 Å². The third-order valence-electron chi connectivity index (χ3n) is 2.31. The first kappa shape index (κ1) is 14.8. The van der Waals surface area contributed by atoms with Gasteiger partial charge in [0.15, 0.2) is 5.29 Å². The number of benzene rings is 1. The molecule has 0 aliphatic carbocycles. The molecule has 0 fully saturated rings. The number of nitrogens with zero attached hydrogens (tertiary/aromatic N) is 3. The van der Waals surface area contributed by atoms with Crippen LogP contribution in [0.15, 0.2) is 34.3 Å². The van der Waals surface area contributed by atoms with E-state index in [1.54, 1.807) is 12.1 Å². The van der Waals surface area contributed by atoms with Crippen LogP contribution in [0.5, 0.6) is 0 Å². The molecule has 0 spiro atoms. The van der Waals surface area contributed by atoms with Gasteiger partial charge in [-0.3, -0.25) is 0 Å². The van der Waals surface area contributed by atoms with Crippen molar-refractivity contribution in [3.05, 3.63) is 29.3 Å². The maximum absolute atomic E-state index is 5.82. The average molecular weight is 287 g/mol. The van der Waals surface area contributed by atoms with Gasteiger partial charge in [-0.05, 0) is 49.7 Å². The molecule has 18 heavy (non-hydrogen) atoms. The molecule has 2 N–H and O–H groups in total. The van der Waals surface area contributed by atoms with Crippen LogP contribution in [0, 0.1) is 0 Å². The molecule has 1 aromatic carbocycles. The van der Waals surface area contributed by atoms with Gasteiger partial charge in [0.2, 0.25) is 5.96 Å². The zero-order valence-electron chi connectivity index (χ0n) is 10.4. The molecule has 0 amide bonds. The lowest BCUT2D eigenvalue weighted by Gasteiger charge is -2.19. The molecule has 0 aliphatic heterocycles. The summed E-state index contributed by atoms with van der Waals surface area (Å²) in [5.41, 5.74) is 6.16. The van der Waals surface area contributed by atoms with Gasteiger partial charge < -0.3 is 10.6 Å². The minimum atomic E-state index is -0.0328.